The van der Waals surface area contributed by atoms with Crippen molar-refractivity contribution < 1.29 is 14.3 Å². The molecule has 19 heavy (non-hydrogen) atoms. The molecule has 0 aromatic carbocycles. The van der Waals surface area contributed by atoms with Crippen LogP contribution in [0.15, 0.2) is 18.3 Å². The maximum atomic E-state index is 12.1. The lowest BCUT2D eigenvalue weighted by Crippen LogP contribution is -2.49. The van der Waals surface area contributed by atoms with Gasteiger partial charge >= 0.3 is 6.03 Å². The Labute approximate surface area is 112 Å². The summed E-state index contributed by atoms with van der Waals surface area (Å²) < 4.78 is 10.6. The average Bonchev–Trinajstić information content (AvgIpc) is 2.38. The Kier molecular flexibility index (Phi) is 4.21. The van der Waals surface area contributed by atoms with E-state index < -0.39 is 0 Å². The molecule has 1 aliphatic heterocycles. The van der Waals surface area contributed by atoms with Gasteiger partial charge in [0, 0.05) is 19.2 Å². The third kappa shape index (κ3) is 3.57. The van der Waals surface area contributed by atoms with Crippen LogP contribution in [0.1, 0.15) is 13.8 Å². The van der Waals surface area contributed by atoms with Gasteiger partial charge in [0.25, 0.3) is 0 Å². The molecule has 0 saturated carbocycles. The molecule has 6 nitrogen and oxygen atoms in total. The van der Waals surface area contributed by atoms with E-state index in [1.807, 2.05) is 13.8 Å². The SMILES string of the molecule is COc1ccc(NC(=O)N2CC(C)OC(C)C2)cn1. The molecule has 2 rings (SSSR count). The first-order chi connectivity index (χ1) is 9.08. The van der Waals surface area contributed by atoms with Gasteiger partial charge in [-0.1, -0.05) is 0 Å². The zero-order valence-corrected chi connectivity index (χ0v) is 11.4. The van der Waals surface area contributed by atoms with Crippen molar-refractivity contribution in [3.63, 3.8) is 0 Å². The molecule has 2 heterocycles. The smallest absolute Gasteiger partial charge is 0.322 e. The van der Waals surface area contributed by atoms with Crippen LogP contribution in [0.4, 0.5) is 10.5 Å². The second-order valence-electron chi connectivity index (χ2n) is 4.68. The molecule has 1 fully saturated rings. The maximum absolute atomic E-state index is 12.1. The normalized spacial score (nSPS) is 23.0. The Bertz CT molecular complexity index is 425. The summed E-state index contributed by atoms with van der Waals surface area (Å²) in [6, 6.07) is 3.34. The van der Waals surface area contributed by atoms with Gasteiger partial charge in [0.05, 0.1) is 31.2 Å². The Balaban J connectivity index is 1.96. The minimum atomic E-state index is -0.131. The molecule has 1 aromatic heterocycles. The van der Waals surface area contributed by atoms with Crippen molar-refractivity contribution in [1.82, 2.24) is 9.88 Å². The topological polar surface area (TPSA) is 63.7 Å². The molecular formula is C13H19N3O3. The van der Waals surface area contributed by atoms with Gasteiger partial charge in [-0.15, -0.1) is 0 Å². The van der Waals surface area contributed by atoms with E-state index >= 15 is 0 Å². The van der Waals surface area contributed by atoms with E-state index in [-0.39, 0.29) is 18.2 Å². The summed E-state index contributed by atoms with van der Waals surface area (Å²) in [6.07, 6.45) is 1.69. The molecule has 0 spiro atoms. The number of morpholine rings is 1. The second-order valence-corrected chi connectivity index (χ2v) is 4.68. The van der Waals surface area contributed by atoms with E-state index in [0.717, 1.165) is 0 Å². The Morgan fingerprint density at radius 1 is 1.42 bits per heavy atom. The fourth-order valence-electron chi connectivity index (χ4n) is 2.12. The van der Waals surface area contributed by atoms with Crippen molar-refractivity contribution in [2.45, 2.75) is 26.1 Å². The lowest BCUT2D eigenvalue weighted by atomic mass is 10.2. The van der Waals surface area contributed by atoms with Crippen molar-refractivity contribution in [3.05, 3.63) is 18.3 Å². The average molecular weight is 265 g/mol. The number of hydrogen-bond acceptors (Lipinski definition) is 4. The highest BCUT2D eigenvalue weighted by atomic mass is 16.5. The van der Waals surface area contributed by atoms with Crippen LogP contribution in [0.2, 0.25) is 0 Å². The van der Waals surface area contributed by atoms with Crippen LogP contribution in [0.5, 0.6) is 5.88 Å². The van der Waals surface area contributed by atoms with E-state index in [0.29, 0.717) is 24.7 Å². The van der Waals surface area contributed by atoms with Gasteiger partial charge < -0.3 is 19.7 Å². The van der Waals surface area contributed by atoms with Crippen LogP contribution in [-0.4, -0.2) is 48.3 Å². The zero-order valence-electron chi connectivity index (χ0n) is 11.4. The molecule has 1 aliphatic rings. The highest BCUT2D eigenvalue weighted by molar-refractivity contribution is 5.89. The fourth-order valence-corrected chi connectivity index (χ4v) is 2.12. The first kappa shape index (κ1) is 13.6. The van der Waals surface area contributed by atoms with Crippen LogP contribution >= 0.6 is 0 Å². The zero-order chi connectivity index (χ0) is 13.8. The number of ether oxygens (including phenoxy) is 2. The molecule has 104 valence electrons. The lowest BCUT2D eigenvalue weighted by molar-refractivity contribution is -0.0530. The Hall–Kier alpha value is -1.82. The molecule has 1 N–H and O–H groups in total. The molecule has 1 aromatic rings. The molecule has 0 radical (unpaired) electrons. The van der Waals surface area contributed by atoms with Crippen molar-refractivity contribution >= 4 is 11.7 Å². The van der Waals surface area contributed by atoms with E-state index in [4.69, 9.17) is 9.47 Å². The minimum absolute atomic E-state index is 0.0588. The monoisotopic (exact) mass is 265 g/mol. The molecule has 2 unspecified atom stereocenters. The van der Waals surface area contributed by atoms with Crippen LogP contribution in [0.25, 0.3) is 0 Å². The number of nitrogens with zero attached hydrogens (tertiary/aromatic N) is 2. The summed E-state index contributed by atoms with van der Waals surface area (Å²) in [5, 5.41) is 2.82. The minimum Gasteiger partial charge on any atom is -0.481 e. The summed E-state index contributed by atoms with van der Waals surface area (Å²) in [6.45, 7) is 5.12. The maximum Gasteiger partial charge on any atom is 0.322 e. The Morgan fingerprint density at radius 2 is 2.11 bits per heavy atom. The first-order valence-corrected chi connectivity index (χ1v) is 6.30. The number of hydrogen-bond donors (Lipinski definition) is 1. The van der Waals surface area contributed by atoms with Gasteiger partial charge in [0.15, 0.2) is 0 Å². The van der Waals surface area contributed by atoms with Crippen molar-refractivity contribution in [1.29, 1.82) is 0 Å². The van der Waals surface area contributed by atoms with Crippen LogP contribution in [0.3, 0.4) is 0 Å². The highest BCUT2D eigenvalue weighted by Gasteiger charge is 2.25. The number of pyridine rings is 1. The van der Waals surface area contributed by atoms with Crippen molar-refractivity contribution in [3.8, 4) is 5.88 Å². The van der Waals surface area contributed by atoms with E-state index in [1.54, 1.807) is 30.3 Å². The number of anilines is 1. The van der Waals surface area contributed by atoms with Gasteiger partial charge in [-0.2, -0.15) is 0 Å². The number of urea groups is 1. The van der Waals surface area contributed by atoms with Crippen LogP contribution in [0, 0.1) is 0 Å². The number of carbonyl (C=O) groups excluding carboxylic acids is 1. The summed E-state index contributed by atoms with van der Waals surface area (Å²) in [7, 11) is 1.55. The summed E-state index contributed by atoms with van der Waals surface area (Å²) in [4.78, 5) is 17.9. The van der Waals surface area contributed by atoms with Crippen LogP contribution < -0.4 is 10.1 Å². The summed E-state index contributed by atoms with van der Waals surface area (Å²) >= 11 is 0. The van der Waals surface area contributed by atoms with E-state index in [9.17, 15) is 4.79 Å². The molecule has 6 heteroatoms. The predicted octanol–water partition coefficient (Wildman–Crippen LogP) is 1.73. The number of carbonyl (C=O) groups is 1. The number of amides is 2. The standard InChI is InChI=1S/C13H19N3O3/c1-9-7-16(8-10(2)19-9)13(17)15-11-4-5-12(18-3)14-6-11/h4-6,9-10H,7-8H2,1-3H3,(H,15,17). The van der Waals surface area contributed by atoms with Gasteiger partial charge in [0.2, 0.25) is 5.88 Å². The van der Waals surface area contributed by atoms with E-state index in [1.165, 1.54) is 0 Å². The molecule has 0 aliphatic carbocycles. The largest absolute Gasteiger partial charge is 0.481 e. The quantitative estimate of drug-likeness (QED) is 0.884. The van der Waals surface area contributed by atoms with Gasteiger partial charge in [0.1, 0.15) is 0 Å². The van der Waals surface area contributed by atoms with Crippen molar-refractivity contribution in [2.75, 3.05) is 25.5 Å². The number of aromatic nitrogens is 1. The van der Waals surface area contributed by atoms with Gasteiger partial charge in [-0.3, -0.25) is 0 Å². The van der Waals surface area contributed by atoms with Crippen molar-refractivity contribution in [2.24, 2.45) is 0 Å². The second kappa shape index (κ2) is 5.88. The molecule has 2 atom stereocenters. The summed E-state index contributed by atoms with van der Waals surface area (Å²) in [5.41, 5.74) is 0.651. The number of methoxy groups -OCH3 is 1. The lowest BCUT2D eigenvalue weighted by Gasteiger charge is -2.35. The van der Waals surface area contributed by atoms with Gasteiger partial charge in [-0.05, 0) is 19.9 Å². The molecule has 1 saturated heterocycles. The Morgan fingerprint density at radius 3 is 2.63 bits per heavy atom. The van der Waals surface area contributed by atoms with E-state index in [2.05, 4.69) is 10.3 Å². The summed E-state index contributed by atoms with van der Waals surface area (Å²) in [5.74, 6) is 0.520. The third-order valence-corrected chi connectivity index (χ3v) is 2.90. The highest BCUT2D eigenvalue weighted by Crippen LogP contribution is 2.14. The molecule has 0 bridgehead atoms. The molecule has 2 amide bonds. The third-order valence-electron chi connectivity index (χ3n) is 2.90. The molecular weight excluding hydrogens is 246 g/mol. The van der Waals surface area contributed by atoms with Gasteiger partial charge in [-0.25, -0.2) is 9.78 Å². The fraction of sp³-hybridized carbons (Fsp3) is 0.538. The predicted molar refractivity (Wildman–Crippen MR) is 71.4 cm³/mol. The van der Waals surface area contributed by atoms with Crippen LogP contribution in [-0.2, 0) is 4.74 Å². The number of nitrogens with one attached hydrogen (secondary N) is 1. The number of rotatable bonds is 2. The first-order valence-electron chi connectivity index (χ1n) is 6.30.